The molecule has 2 aliphatic heterocycles. The van der Waals surface area contributed by atoms with E-state index in [1.54, 1.807) is 0 Å². The predicted molar refractivity (Wildman–Crippen MR) is 116 cm³/mol. The van der Waals surface area contributed by atoms with Crippen molar-refractivity contribution in [2.24, 2.45) is 0 Å². The summed E-state index contributed by atoms with van der Waals surface area (Å²) in [5, 5.41) is 0. The second-order valence-corrected chi connectivity index (χ2v) is 9.19. The molecule has 28 heavy (non-hydrogen) atoms. The summed E-state index contributed by atoms with van der Waals surface area (Å²) in [7, 11) is 2.17. The number of hydrogen-bond donors (Lipinski definition) is 0. The predicted octanol–water partition coefficient (Wildman–Crippen LogP) is 4.80. The molecule has 0 aliphatic carbocycles. The first-order valence-corrected chi connectivity index (χ1v) is 10.6. The van der Waals surface area contributed by atoms with Crippen LogP contribution in [-0.4, -0.2) is 36.5 Å². The average Bonchev–Trinajstić information content (AvgIpc) is 2.65. The summed E-state index contributed by atoms with van der Waals surface area (Å²) in [6.07, 6.45) is 4.55. The van der Waals surface area contributed by atoms with Gasteiger partial charge in [-0.2, -0.15) is 0 Å². The zero-order valence-corrected chi connectivity index (χ0v) is 17.4. The van der Waals surface area contributed by atoms with Crippen molar-refractivity contribution in [2.45, 2.75) is 57.4 Å². The number of amides is 1. The Morgan fingerprint density at radius 2 is 1.86 bits per heavy atom. The van der Waals surface area contributed by atoms with Crippen LogP contribution < -0.4 is 4.90 Å². The van der Waals surface area contributed by atoms with Crippen LogP contribution in [0.2, 0.25) is 0 Å². The summed E-state index contributed by atoms with van der Waals surface area (Å²) in [5.74, 6) is 0.875. The van der Waals surface area contributed by atoms with E-state index in [4.69, 9.17) is 0 Å². The first-order chi connectivity index (χ1) is 13.4. The quantitative estimate of drug-likeness (QED) is 0.749. The molecule has 1 amide bonds. The Morgan fingerprint density at radius 3 is 2.57 bits per heavy atom. The summed E-state index contributed by atoms with van der Waals surface area (Å²) < 4.78 is 0. The fraction of sp³-hybridized carbons (Fsp3) is 0.480. The van der Waals surface area contributed by atoms with Gasteiger partial charge >= 0.3 is 0 Å². The Morgan fingerprint density at radius 1 is 1.11 bits per heavy atom. The summed E-state index contributed by atoms with van der Waals surface area (Å²) in [6.45, 7) is 6.67. The number of carbonyl (C=O) groups is 1. The van der Waals surface area contributed by atoms with Crippen molar-refractivity contribution in [1.82, 2.24) is 4.90 Å². The maximum Gasteiger partial charge on any atom is 0.227 e. The highest BCUT2D eigenvalue weighted by molar-refractivity contribution is 5.96. The number of likely N-dealkylation sites (N-methyl/N-ethyl adjacent to an activating group) is 1. The molecular weight excluding hydrogens is 344 g/mol. The number of likely N-dealkylation sites (tertiary alicyclic amines) is 1. The van der Waals surface area contributed by atoms with Crippen molar-refractivity contribution in [1.29, 1.82) is 0 Å². The second kappa shape index (κ2) is 7.71. The number of aryl methyl sites for hydroxylation is 2. The lowest BCUT2D eigenvalue weighted by molar-refractivity contribution is -0.119. The molecule has 0 bridgehead atoms. The zero-order chi connectivity index (χ0) is 19.7. The minimum Gasteiger partial charge on any atom is -0.307 e. The summed E-state index contributed by atoms with van der Waals surface area (Å²) in [5.41, 5.74) is 5.06. The van der Waals surface area contributed by atoms with Crippen LogP contribution in [-0.2, 0) is 17.6 Å². The molecule has 0 unspecified atom stereocenters. The average molecular weight is 377 g/mol. The number of hydrogen-bond acceptors (Lipinski definition) is 2. The topological polar surface area (TPSA) is 23.6 Å². The lowest BCUT2D eigenvalue weighted by Crippen LogP contribution is -2.51. The van der Waals surface area contributed by atoms with Gasteiger partial charge in [-0.3, -0.25) is 4.79 Å². The van der Waals surface area contributed by atoms with Crippen molar-refractivity contribution in [3.05, 3.63) is 65.2 Å². The van der Waals surface area contributed by atoms with Gasteiger partial charge < -0.3 is 9.80 Å². The van der Waals surface area contributed by atoms with Crippen LogP contribution in [0.1, 0.15) is 55.7 Å². The molecule has 0 N–H and O–H groups in total. The molecule has 0 saturated carbocycles. The van der Waals surface area contributed by atoms with Crippen molar-refractivity contribution in [3.63, 3.8) is 0 Å². The zero-order valence-electron chi connectivity index (χ0n) is 17.4. The molecule has 0 atom stereocenters. The third-order valence-corrected chi connectivity index (χ3v) is 6.45. The van der Waals surface area contributed by atoms with Crippen molar-refractivity contribution >= 4 is 11.6 Å². The van der Waals surface area contributed by atoms with Gasteiger partial charge in [-0.05, 0) is 69.3 Å². The standard InChI is InChI=1S/C25H32N2O/c1-25(2)15-14-20-12-13-21(22-17-26(3)18-22)16-23(20)27(25)24(28)11-7-10-19-8-5-4-6-9-19/h4-6,8-9,12-13,16,22H,7,10-11,14-15,17-18H2,1-3H3. The van der Waals surface area contributed by atoms with Gasteiger partial charge in [-0.15, -0.1) is 0 Å². The number of carbonyl (C=O) groups excluding carboxylic acids is 1. The molecule has 3 heteroatoms. The molecule has 2 aromatic carbocycles. The lowest BCUT2D eigenvalue weighted by atomic mass is 9.83. The van der Waals surface area contributed by atoms with Gasteiger partial charge in [0.2, 0.25) is 5.91 Å². The van der Waals surface area contributed by atoms with Crippen LogP contribution in [0.25, 0.3) is 0 Å². The second-order valence-electron chi connectivity index (χ2n) is 9.19. The van der Waals surface area contributed by atoms with Gasteiger partial charge in [0, 0.05) is 36.7 Å². The molecule has 0 aromatic heterocycles. The Balaban J connectivity index is 1.51. The van der Waals surface area contributed by atoms with Crippen molar-refractivity contribution in [3.8, 4) is 0 Å². The summed E-state index contributed by atoms with van der Waals surface area (Å²) >= 11 is 0. The Hall–Kier alpha value is -2.13. The Labute approximate surface area is 169 Å². The smallest absolute Gasteiger partial charge is 0.227 e. The van der Waals surface area contributed by atoms with Gasteiger partial charge in [0.05, 0.1) is 0 Å². The van der Waals surface area contributed by atoms with E-state index in [0.29, 0.717) is 12.3 Å². The van der Waals surface area contributed by atoms with E-state index in [1.807, 2.05) is 6.07 Å². The highest BCUT2D eigenvalue weighted by atomic mass is 16.2. The van der Waals surface area contributed by atoms with E-state index in [2.05, 4.69) is 73.2 Å². The van der Waals surface area contributed by atoms with E-state index in [1.165, 1.54) is 16.7 Å². The highest BCUT2D eigenvalue weighted by Crippen LogP contribution is 2.40. The lowest BCUT2D eigenvalue weighted by Gasteiger charge is -2.44. The van der Waals surface area contributed by atoms with Crippen LogP contribution in [0.15, 0.2) is 48.5 Å². The molecule has 2 aliphatic rings. The third-order valence-electron chi connectivity index (χ3n) is 6.45. The third kappa shape index (κ3) is 3.86. The Bertz CT molecular complexity index is 837. The first kappa shape index (κ1) is 19.2. The maximum absolute atomic E-state index is 13.3. The van der Waals surface area contributed by atoms with E-state index in [9.17, 15) is 4.79 Å². The number of rotatable bonds is 5. The SMILES string of the molecule is CN1CC(c2ccc3c(c2)N(C(=O)CCCc2ccccc2)C(C)(C)CC3)C1. The summed E-state index contributed by atoms with van der Waals surface area (Å²) in [6, 6.07) is 17.3. The van der Waals surface area contributed by atoms with Gasteiger partial charge in [-0.25, -0.2) is 0 Å². The molecule has 1 fully saturated rings. The maximum atomic E-state index is 13.3. The number of fused-ring (bicyclic) bond motifs is 1. The molecule has 3 nitrogen and oxygen atoms in total. The molecule has 1 saturated heterocycles. The van der Waals surface area contributed by atoms with Gasteiger partial charge in [0.15, 0.2) is 0 Å². The van der Waals surface area contributed by atoms with Crippen molar-refractivity contribution in [2.75, 3.05) is 25.0 Å². The largest absolute Gasteiger partial charge is 0.307 e. The van der Waals surface area contributed by atoms with Crippen molar-refractivity contribution < 1.29 is 4.79 Å². The minimum absolute atomic E-state index is 0.119. The Kier molecular flexibility index (Phi) is 5.29. The monoisotopic (exact) mass is 376 g/mol. The van der Waals surface area contributed by atoms with E-state index < -0.39 is 0 Å². The molecule has 148 valence electrons. The van der Waals surface area contributed by atoms with Gasteiger partial charge in [0.1, 0.15) is 0 Å². The van der Waals surface area contributed by atoms with Crippen LogP contribution in [0, 0.1) is 0 Å². The summed E-state index contributed by atoms with van der Waals surface area (Å²) in [4.78, 5) is 17.8. The fourth-order valence-electron chi connectivity index (χ4n) is 4.71. The highest BCUT2D eigenvalue weighted by Gasteiger charge is 2.37. The molecule has 2 heterocycles. The van der Waals surface area contributed by atoms with Crippen LogP contribution in [0.5, 0.6) is 0 Å². The molecule has 2 aromatic rings. The molecule has 4 rings (SSSR count). The number of nitrogens with zero attached hydrogens (tertiary/aromatic N) is 2. The van der Waals surface area contributed by atoms with Gasteiger partial charge in [0.25, 0.3) is 0 Å². The van der Waals surface area contributed by atoms with Crippen LogP contribution in [0.4, 0.5) is 5.69 Å². The molecular formula is C25H32N2O. The van der Waals surface area contributed by atoms with E-state index in [0.717, 1.165) is 44.5 Å². The normalized spacial score (nSPS) is 19.2. The molecule has 0 spiro atoms. The van der Waals surface area contributed by atoms with Crippen LogP contribution in [0.3, 0.4) is 0 Å². The minimum atomic E-state index is -0.119. The van der Waals surface area contributed by atoms with E-state index in [-0.39, 0.29) is 11.4 Å². The fourth-order valence-corrected chi connectivity index (χ4v) is 4.71. The molecule has 0 radical (unpaired) electrons. The van der Waals surface area contributed by atoms with Crippen LogP contribution >= 0.6 is 0 Å². The van der Waals surface area contributed by atoms with Gasteiger partial charge in [-0.1, -0.05) is 42.5 Å². The van der Waals surface area contributed by atoms with E-state index >= 15 is 0 Å². The number of benzene rings is 2. The number of anilines is 1. The first-order valence-electron chi connectivity index (χ1n) is 10.6.